The van der Waals surface area contributed by atoms with Crippen LogP contribution in [0.15, 0.2) is 0 Å². The van der Waals surface area contributed by atoms with Crippen molar-refractivity contribution in [1.82, 2.24) is 10.2 Å². The van der Waals surface area contributed by atoms with Gasteiger partial charge in [0.05, 0.1) is 24.5 Å². The van der Waals surface area contributed by atoms with E-state index < -0.39 is 0 Å². The highest BCUT2D eigenvalue weighted by molar-refractivity contribution is 6.01. The summed E-state index contributed by atoms with van der Waals surface area (Å²) in [6.45, 7) is 6.99. The number of nitrogen functional groups attached to an aromatic ring is 1. The van der Waals surface area contributed by atoms with Gasteiger partial charge in [0.1, 0.15) is 5.84 Å². The summed E-state index contributed by atoms with van der Waals surface area (Å²) in [6.07, 6.45) is 1.62. The monoisotopic (exact) mass is 263 g/mol. The zero-order chi connectivity index (χ0) is 13.8. The maximum absolute atomic E-state index is 7.86. The normalized spacial score (nSPS) is 15.6. The molecule has 0 radical (unpaired) electrons. The summed E-state index contributed by atoms with van der Waals surface area (Å²) in [5.41, 5.74) is 8.51. The van der Waals surface area contributed by atoms with Gasteiger partial charge >= 0.3 is 0 Å². The average Bonchev–Trinajstić information content (AvgIpc) is 2.46. The molecule has 6 nitrogen and oxygen atoms in total. The zero-order valence-corrected chi connectivity index (χ0v) is 11.6. The third-order valence-electron chi connectivity index (χ3n) is 3.41. The van der Waals surface area contributed by atoms with Gasteiger partial charge in [0.2, 0.25) is 0 Å². The number of aryl methyl sites for hydroxylation is 1. The first-order valence-corrected chi connectivity index (χ1v) is 6.74. The van der Waals surface area contributed by atoms with E-state index in [1.54, 1.807) is 0 Å². The van der Waals surface area contributed by atoms with Crippen molar-refractivity contribution in [3.63, 3.8) is 0 Å². The van der Waals surface area contributed by atoms with E-state index in [4.69, 9.17) is 15.9 Å². The second kappa shape index (κ2) is 5.97. The van der Waals surface area contributed by atoms with Gasteiger partial charge in [-0.3, -0.25) is 5.41 Å². The molecule has 1 saturated heterocycles. The van der Waals surface area contributed by atoms with Crippen LogP contribution in [-0.2, 0) is 17.6 Å². The van der Waals surface area contributed by atoms with Crippen LogP contribution < -0.4 is 10.6 Å². The standard InChI is InChI=1S/C13H21N5O/c1-3-9-10(4-2)16-17-13(11(9)12(14)15)18-5-7-19-8-6-18/h3-8H2,1-2H3,(H3,14,15). The molecule has 0 aliphatic carbocycles. The van der Waals surface area contributed by atoms with E-state index in [9.17, 15) is 0 Å². The van der Waals surface area contributed by atoms with Crippen molar-refractivity contribution in [3.8, 4) is 0 Å². The molecule has 2 rings (SSSR count). The molecule has 1 aliphatic heterocycles. The van der Waals surface area contributed by atoms with Gasteiger partial charge < -0.3 is 15.4 Å². The molecule has 1 fully saturated rings. The fourth-order valence-corrected chi connectivity index (χ4v) is 2.44. The summed E-state index contributed by atoms with van der Waals surface area (Å²) >= 11 is 0. The molecule has 0 saturated carbocycles. The summed E-state index contributed by atoms with van der Waals surface area (Å²) < 4.78 is 5.35. The molecule has 0 unspecified atom stereocenters. The quantitative estimate of drug-likeness (QED) is 0.617. The molecular formula is C13H21N5O. The van der Waals surface area contributed by atoms with Gasteiger partial charge in [0.25, 0.3) is 0 Å². The maximum Gasteiger partial charge on any atom is 0.162 e. The lowest BCUT2D eigenvalue weighted by Gasteiger charge is -2.29. The number of anilines is 1. The fourth-order valence-electron chi connectivity index (χ4n) is 2.44. The van der Waals surface area contributed by atoms with Crippen LogP contribution in [0, 0.1) is 5.41 Å². The van der Waals surface area contributed by atoms with E-state index in [1.807, 2.05) is 6.92 Å². The number of hydrogen-bond donors (Lipinski definition) is 2. The van der Waals surface area contributed by atoms with E-state index in [2.05, 4.69) is 22.0 Å². The van der Waals surface area contributed by atoms with Gasteiger partial charge in [0.15, 0.2) is 5.82 Å². The molecule has 104 valence electrons. The Morgan fingerprint density at radius 2 is 1.95 bits per heavy atom. The minimum atomic E-state index is 0.0722. The van der Waals surface area contributed by atoms with Gasteiger partial charge in [0, 0.05) is 13.1 Å². The SMILES string of the molecule is CCc1nnc(N2CCOCC2)c(C(=N)N)c1CC. The second-order valence-corrected chi connectivity index (χ2v) is 4.54. The van der Waals surface area contributed by atoms with E-state index in [0.717, 1.165) is 48.6 Å². The Labute approximate surface area is 113 Å². The first kappa shape index (κ1) is 13.7. The predicted molar refractivity (Wildman–Crippen MR) is 74.8 cm³/mol. The summed E-state index contributed by atoms with van der Waals surface area (Å²) in [6, 6.07) is 0. The smallest absolute Gasteiger partial charge is 0.162 e. The molecule has 0 bridgehead atoms. The molecule has 1 aliphatic rings. The third-order valence-corrected chi connectivity index (χ3v) is 3.41. The van der Waals surface area contributed by atoms with Crippen LogP contribution in [0.25, 0.3) is 0 Å². The Morgan fingerprint density at radius 3 is 2.47 bits per heavy atom. The molecule has 19 heavy (non-hydrogen) atoms. The number of morpholine rings is 1. The summed E-state index contributed by atoms with van der Waals surface area (Å²) in [5.74, 6) is 0.799. The van der Waals surface area contributed by atoms with Crippen LogP contribution in [-0.4, -0.2) is 42.3 Å². The Morgan fingerprint density at radius 1 is 1.26 bits per heavy atom. The Bertz CT molecular complexity index is 468. The van der Waals surface area contributed by atoms with E-state index in [1.165, 1.54) is 0 Å². The molecule has 0 spiro atoms. The Hall–Kier alpha value is -1.69. The van der Waals surface area contributed by atoms with Crippen molar-refractivity contribution in [1.29, 1.82) is 5.41 Å². The molecule has 1 aromatic heterocycles. The molecule has 0 amide bonds. The molecule has 0 aromatic carbocycles. The molecule has 0 atom stereocenters. The van der Waals surface area contributed by atoms with E-state index in [-0.39, 0.29) is 5.84 Å². The van der Waals surface area contributed by atoms with Gasteiger partial charge in [-0.05, 0) is 18.4 Å². The van der Waals surface area contributed by atoms with Gasteiger partial charge in [-0.25, -0.2) is 0 Å². The number of amidine groups is 1. The van der Waals surface area contributed by atoms with Crippen LogP contribution in [0.4, 0.5) is 5.82 Å². The summed E-state index contributed by atoms with van der Waals surface area (Å²) in [4.78, 5) is 2.10. The Kier molecular flexibility index (Phi) is 4.31. The van der Waals surface area contributed by atoms with E-state index in [0.29, 0.717) is 13.2 Å². The van der Waals surface area contributed by atoms with Crippen LogP contribution in [0.5, 0.6) is 0 Å². The lowest BCUT2D eigenvalue weighted by atomic mass is 10.0. The van der Waals surface area contributed by atoms with Gasteiger partial charge in [-0.1, -0.05) is 13.8 Å². The third kappa shape index (κ3) is 2.68. The van der Waals surface area contributed by atoms with Crippen LogP contribution in [0.1, 0.15) is 30.7 Å². The highest BCUT2D eigenvalue weighted by Gasteiger charge is 2.22. The summed E-state index contributed by atoms with van der Waals surface area (Å²) in [7, 11) is 0. The molecule has 6 heteroatoms. The van der Waals surface area contributed by atoms with Gasteiger partial charge in [-0.2, -0.15) is 5.10 Å². The van der Waals surface area contributed by atoms with Crippen LogP contribution >= 0.6 is 0 Å². The number of ether oxygens (including phenoxy) is 1. The lowest BCUT2D eigenvalue weighted by Crippen LogP contribution is -2.38. The van der Waals surface area contributed by atoms with Crippen molar-refractivity contribution in [3.05, 3.63) is 16.8 Å². The number of nitrogens with zero attached hydrogens (tertiary/aromatic N) is 3. The van der Waals surface area contributed by atoms with Crippen molar-refractivity contribution >= 4 is 11.7 Å². The Balaban J connectivity index is 2.50. The highest BCUT2D eigenvalue weighted by Crippen LogP contribution is 2.24. The second-order valence-electron chi connectivity index (χ2n) is 4.54. The fraction of sp³-hybridized carbons (Fsp3) is 0.615. The number of rotatable bonds is 4. The van der Waals surface area contributed by atoms with Crippen molar-refractivity contribution in [2.24, 2.45) is 5.73 Å². The maximum atomic E-state index is 7.86. The molecule has 3 N–H and O–H groups in total. The minimum absolute atomic E-state index is 0.0722. The van der Waals surface area contributed by atoms with Crippen molar-refractivity contribution in [2.45, 2.75) is 26.7 Å². The van der Waals surface area contributed by atoms with Crippen LogP contribution in [0.3, 0.4) is 0 Å². The van der Waals surface area contributed by atoms with Crippen molar-refractivity contribution in [2.75, 3.05) is 31.2 Å². The van der Waals surface area contributed by atoms with Crippen molar-refractivity contribution < 1.29 is 4.74 Å². The minimum Gasteiger partial charge on any atom is -0.384 e. The highest BCUT2D eigenvalue weighted by atomic mass is 16.5. The number of aromatic nitrogens is 2. The lowest BCUT2D eigenvalue weighted by molar-refractivity contribution is 0.122. The van der Waals surface area contributed by atoms with E-state index >= 15 is 0 Å². The largest absolute Gasteiger partial charge is 0.384 e. The topological polar surface area (TPSA) is 88.1 Å². The summed E-state index contributed by atoms with van der Waals surface area (Å²) in [5, 5.41) is 16.5. The molecule has 2 heterocycles. The predicted octanol–water partition coefficient (Wildman–Crippen LogP) is 0.722. The average molecular weight is 263 g/mol. The first-order valence-electron chi connectivity index (χ1n) is 6.74. The zero-order valence-electron chi connectivity index (χ0n) is 11.6. The number of hydrogen-bond acceptors (Lipinski definition) is 5. The van der Waals surface area contributed by atoms with Crippen LogP contribution in [0.2, 0.25) is 0 Å². The van der Waals surface area contributed by atoms with Gasteiger partial charge in [-0.15, -0.1) is 5.10 Å². The molecule has 1 aromatic rings. The number of nitrogens with two attached hydrogens (primary N) is 1. The molecular weight excluding hydrogens is 242 g/mol. The first-order chi connectivity index (χ1) is 9.19. The number of nitrogens with one attached hydrogen (secondary N) is 1.